The molecular formula is C10H15N5O2. The monoisotopic (exact) mass is 237 g/mol. The molecule has 0 aliphatic carbocycles. The van der Waals surface area contributed by atoms with E-state index in [4.69, 9.17) is 5.11 Å². The third kappa shape index (κ3) is 2.88. The molecule has 2 aliphatic rings. The van der Waals surface area contributed by atoms with Crippen molar-refractivity contribution in [1.82, 2.24) is 10.6 Å². The molecule has 1 fully saturated rings. The van der Waals surface area contributed by atoms with E-state index in [2.05, 4.69) is 25.6 Å². The summed E-state index contributed by atoms with van der Waals surface area (Å²) in [5, 5.41) is 14.2. The van der Waals surface area contributed by atoms with E-state index in [9.17, 15) is 4.79 Å². The average Bonchev–Trinajstić information content (AvgIpc) is 2.77. The molecule has 3 N–H and O–H groups in total. The number of hydrogen-bond acceptors (Lipinski definition) is 5. The molecule has 1 unspecified atom stereocenters. The van der Waals surface area contributed by atoms with Crippen molar-refractivity contribution < 1.29 is 9.90 Å². The fourth-order valence-corrected chi connectivity index (χ4v) is 1.60. The van der Waals surface area contributed by atoms with E-state index in [1.807, 2.05) is 0 Å². The molecule has 1 amide bonds. The molecule has 1 atom stereocenters. The number of carbonyl (C=O) groups excluding carboxylic acids is 1. The van der Waals surface area contributed by atoms with Crippen LogP contribution in [-0.4, -0.2) is 48.3 Å². The Morgan fingerprint density at radius 2 is 2.24 bits per heavy atom. The number of amidine groups is 1. The molecular weight excluding hydrogens is 222 g/mol. The van der Waals surface area contributed by atoms with E-state index < -0.39 is 6.04 Å². The van der Waals surface area contributed by atoms with Crippen molar-refractivity contribution in [2.75, 3.05) is 13.2 Å². The zero-order chi connectivity index (χ0) is 12.1. The van der Waals surface area contributed by atoms with Crippen LogP contribution in [0.4, 0.5) is 0 Å². The van der Waals surface area contributed by atoms with Gasteiger partial charge in [0.25, 0.3) is 5.91 Å². The highest BCUT2D eigenvalue weighted by Crippen LogP contribution is 2.04. The van der Waals surface area contributed by atoms with Crippen LogP contribution < -0.4 is 10.6 Å². The highest BCUT2D eigenvalue weighted by atomic mass is 16.2. The van der Waals surface area contributed by atoms with E-state index in [1.54, 1.807) is 0 Å². The van der Waals surface area contributed by atoms with E-state index in [-0.39, 0.29) is 12.5 Å². The van der Waals surface area contributed by atoms with Crippen LogP contribution in [0.1, 0.15) is 19.3 Å². The van der Waals surface area contributed by atoms with E-state index in [1.165, 1.54) is 6.34 Å². The number of hydrogen-bond donors (Lipinski definition) is 3. The summed E-state index contributed by atoms with van der Waals surface area (Å²) in [6.45, 7) is 0.822. The van der Waals surface area contributed by atoms with Gasteiger partial charge in [-0.05, 0) is 19.3 Å². The molecule has 17 heavy (non-hydrogen) atoms. The molecule has 2 rings (SSSR count). The van der Waals surface area contributed by atoms with Gasteiger partial charge in [-0.25, -0.2) is 4.99 Å². The Labute approximate surface area is 98.8 Å². The summed E-state index contributed by atoms with van der Waals surface area (Å²) in [6, 6.07) is -0.539. The number of carbonyl (C=O) groups is 1. The summed E-state index contributed by atoms with van der Waals surface area (Å²) in [6.07, 6.45) is 3.96. The molecule has 7 nitrogen and oxygen atoms in total. The van der Waals surface area contributed by atoms with Gasteiger partial charge in [0.1, 0.15) is 12.2 Å². The van der Waals surface area contributed by atoms with Crippen LogP contribution >= 0.6 is 0 Å². The van der Waals surface area contributed by atoms with Crippen molar-refractivity contribution in [3.63, 3.8) is 0 Å². The summed E-state index contributed by atoms with van der Waals surface area (Å²) < 4.78 is 0. The van der Waals surface area contributed by atoms with Gasteiger partial charge in [0.2, 0.25) is 5.96 Å². The summed E-state index contributed by atoms with van der Waals surface area (Å²) >= 11 is 0. The quantitative estimate of drug-likeness (QED) is 0.537. The van der Waals surface area contributed by atoms with E-state index in [0.717, 1.165) is 19.3 Å². The summed E-state index contributed by atoms with van der Waals surface area (Å²) in [5.41, 5.74) is 0. The lowest BCUT2D eigenvalue weighted by Crippen LogP contribution is -2.57. The second kappa shape index (κ2) is 5.53. The van der Waals surface area contributed by atoms with Crippen molar-refractivity contribution in [2.24, 2.45) is 15.0 Å². The minimum Gasteiger partial charge on any atom is -0.396 e. The van der Waals surface area contributed by atoms with Gasteiger partial charge in [0.15, 0.2) is 6.04 Å². The average molecular weight is 237 g/mol. The fourth-order valence-electron chi connectivity index (χ4n) is 1.60. The number of aliphatic hydroxyl groups excluding tert-OH is 1. The molecule has 92 valence electrons. The van der Waals surface area contributed by atoms with Crippen molar-refractivity contribution in [3.05, 3.63) is 0 Å². The third-order valence-corrected chi connectivity index (χ3v) is 2.49. The molecule has 2 aliphatic heterocycles. The van der Waals surface area contributed by atoms with Crippen LogP contribution in [0.2, 0.25) is 0 Å². The number of rotatable bonds is 5. The number of aliphatic hydroxyl groups is 1. The smallest absolute Gasteiger partial charge is 0.259 e. The lowest BCUT2D eigenvalue weighted by atomic mass is 10.2. The number of nitrogens with one attached hydrogen (secondary N) is 2. The predicted molar refractivity (Wildman–Crippen MR) is 64.2 cm³/mol. The van der Waals surface area contributed by atoms with Gasteiger partial charge in [-0.2, -0.15) is 0 Å². The minimum atomic E-state index is -0.539. The number of unbranched alkanes of at least 4 members (excludes halogenated alkanes) is 2. The largest absolute Gasteiger partial charge is 0.396 e. The van der Waals surface area contributed by atoms with E-state index in [0.29, 0.717) is 18.3 Å². The van der Waals surface area contributed by atoms with Gasteiger partial charge in [-0.15, -0.1) is 0 Å². The first-order chi connectivity index (χ1) is 8.31. The maximum absolute atomic E-state index is 11.6. The number of nitrogens with zero attached hydrogens (tertiary/aromatic N) is 3. The summed E-state index contributed by atoms with van der Waals surface area (Å²) in [5.74, 6) is 0.757. The van der Waals surface area contributed by atoms with Gasteiger partial charge >= 0.3 is 0 Å². The SMILES string of the molecule is O=C1NC(=NCCCCCO)NC2=NC=NC12. The molecule has 1 saturated heterocycles. The number of fused-ring (bicyclic) bond motifs is 1. The normalized spacial score (nSPS) is 24.3. The number of amides is 1. The second-order valence-corrected chi connectivity index (χ2v) is 3.81. The Hall–Kier alpha value is -1.76. The highest BCUT2D eigenvalue weighted by Gasteiger charge is 2.32. The fraction of sp³-hybridized carbons (Fsp3) is 0.600. The Morgan fingerprint density at radius 1 is 1.35 bits per heavy atom. The standard InChI is InChI=1S/C10H15N5O2/c16-5-3-1-2-4-11-10-14-8-7(9(17)15-10)12-6-13-8/h6-7,16H,1-5H2,(H2,11,12,13,14,15,17). The molecule has 2 heterocycles. The van der Waals surface area contributed by atoms with E-state index >= 15 is 0 Å². The summed E-state index contributed by atoms with van der Waals surface area (Å²) in [4.78, 5) is 23.6. The lowest BCUT2D eigenvalue weighted by molar-refractivity contribution is -0.119. The molecule has 7 heteroatoms. The zero-order valence-electron chi connectivity index (χ0n) is 9.39. The van der Waals surface area contributed by atoms with Crippen molar-refractivity contribution >= 4 is 24.0 Å². The molecule has 0 bridgehead atoms. The van der Waals surface area contributed by atoms with Gasteiger partial charge < -0.3 is 10.4 Å². The topological polar surface area (TPSA) is 98.4 Å². The van der Waals surface area contributed by atoms with Crippen molar-refractivity contribution in [1.29, 1.82) is 0 Å². The van der Waals surface area contributed by atoms with Crippen LogP contribution in [0.15, 0.2) is 15.0 Å². The number of guanidine groups is 1. The molecule has 0 aromatic carbocycles. The summed E-state index contributed by atoms with van der Waals surface area (Å²) in [7, 11) is 0. The first kappa shape index (κ1) is 11.7. The second-order valence-electron chi connectivity index (χ2n) is 3.81. The van der Waals surface area contributed by atoms with Crippen LogP contribution in [0.3, 0.4) is 0 Å². The van der Waals surface area contributed by atoms with Crippen molar-refractivity contribution in [2.45, 2.75) is 25.3 Å². The predicted octanol–water partition coefficient (Wildman–Crippen LogP) is -0.967. The Bertz CT molecular complexity index is 388. The molecule has 0 aromatic heterocycles. The molecule has 0 saturated carbocycles. The van der Waals surface area contributed by atoms with Crippen LogP contribution in [0.25, 0.3) is 0 Å². The molecule has 0 radical (unpaired) electrons. The highest BCUT2D eigenvalue weighted by molar-refractivity contribution is 6.24. The lowest BCUT2D eigenvalue weighted by Gasteiger charge is -2.20. The first-order valence-corrected chi connectivity index (χ1v) is 5.64. The minimum absolute atomic E-state index is 0.203. The van der Waals surface area contributed by atoms with Crippen molar-refractivity contribution in [3.8, 4) is 0 Å². The molecule has 0 aromatic rings. The Morgan fingerprint density at radius 3 is 3.06 bits per heavy atom. The van der Waals surface area contributed by atoms with Gasteiger partial charge in [0, 0.05) is 13.2 Å². The van der Waals surface area contributed by atoms with Crippen LogP contribution in [0.5, 0.6) is 0 Å². The maximum Gasteiger partial charge on any atom is 0.259 e. The molecule has 0 spiro atoms. The van der Waals surface area contributed by atoms with Crippen LogP contribution in [0, 0.1) is 0 Å². The van der Waals surface area contributed by atoms with Crippen LogP contribution in [-0.2, 0) is 4.79 Å². The van der Waals surface area contributed by atoms with Gasteiger partial charge in [-0.1, -0.05) is 0 Å². The van der Waals surface area contributed by atoms with Gasteiger partial charge in [-0.3, -0.25) is 20.1 Å². The first-order valence-electron chi connectivity index (χ1n) is 5.64. The maximum atomic E-state index is 11.6. The third-order valence-electron chi connectivity index (χ3n) is 2.49. The Kier molecular flexibility index (Phi) is 3.81. The Balaban J connectivity index is 1.82. The van der Waals surface area contributed by atoms with Gasteiger partial charge in [0.05, 0.1) is 0 Å². The zero-order valence-corrected chi connectivity index (χ0v) is 9.39. The number of aliphatic imine (C=N–C) groups is 3.